The highest BCUT2D eigenvalue weighted by Gasteiger charge is 2.17. The van der Waals surface area contributed by atoms with E-state index in [1.54, 1.807) is 30.0 Å². The largest absolute Gasteiger partial charge is 0.387 e. The molecule has 1 nitrogen and oxygen atoms in total. The summed E-state index contributed by atoms with van der Waals surface area (Å²) in [5.74, 6) is 0.184. The summed E-state index contributed by atoms with van der Waals surface area (Å²) in [6.45, 7) is 6.23. The highest BCUT2D eigenvalue weighted by atomic mass is 32.2. The number of thioether (sulfide) groups is 1. The van der Waals surface area contributed by atoms with E-state index < -0.39 is 6.10 Å². The minimum Gasteiger partial charge on any atom is -0.387 e. The molecule has 1 aromatic carbocycles. The predicted molar refractivity (Wildman–Crippen MR) is 63.6 cm³/mol. The van der Waals surface area contributed by atoms with Crippen molar-refractivity contribution in [2.24, 2.45) is 0 Å². The molecule has 0 saturated heterocycles. The lowest BCUT2D eigenvalue weighted by Gasteiger charge is -2.20. The minimum absolute atomic E-state index is 0.0895. The number of aliphatic hydroxyl groups is 1. The quantitative estimate of drug-likeness (QED) is 0.855. The molecule has 1 aromatic rings. The number of benzene rings is 1. The molecule has 15 heavy (non-hydrogen) atoms. The fraction of sp³-hybridized carbons (Fsp3) is 0.500. The van der Waals surface area contributed by atoms with Crippen molar-refractivity contribution in [3.63, 3.8) is 0 Å². The monoisotopic (exact) mass is 228 g/mol. The van der Waals surface area contributed by atoms with Crippen molar-refractivity contribution < 1.29 is 9.50 Å². The van der Waals surface area contributed by atoms with Crippen LogP contribution in [0.2, 0.25) is 0 Å². The van der Waals surface area contributed by atoms with Crippen molar-refractivity contribution in [3.05, 3.63) is 35.6 Å². The van der Waals surface area contributed by atoms with Crippen LogP contribution < -0.4 is 0 Å². The van der Waals surface area contributed by atoms with Gasteiger partial charge in [0.2, 0.25) is 0 Å². The highest BCUT2D eigenvalue weighted by molar-refractivity contribution is 8.00. The maximum Gasteiger partial charge on any atom is 0.129 e. The van der Waals surface area contributed by atoms with Gasteiger partial charge in [0.15, 0.2) is 0 Å². The molecule has 1 atom stereocenters. The second-order valence-electron chi connectivity index (χ2n) is 4.46. The lowest BCUT2D eigenvalue weighted by atomic mass is 10.1. The van der Waals surface area contributed by atoms with Crippen LogP contribution in [0.4, 0.5) is 4.39 Å². The molecule has 0 fully saturated rings. The Hall–Kier alpha value is -0.540. The third-order valence-electron chi connectivity index (χ3n) is 1.94. The van der Waals surface area contributed by atoms with Crippen LogP contribution in [0.15, 0.2) is 24.3 Å². The summed E-state index contributed by atoms with van der Waals surface area (Å²) in [5.41, 5.74) is 0.384. The number of hydrogen-bond acceptors (Lipinski definition) is 2. The lowest BCUT2D eigenvalue weighted by Crippen LogP contribution is -2.12. The third-order valence-corrected chi connectivity index (χ3v) is 3.29. The van der Waals surface area contributed by atoms with Crippen LogP contribution in [0, 0.1) is 5.82 Å². The first-order valence-corrected chi connectivity index (χ1v) is 5.95. The Morgan fingerprint density at radius 3 is 2.47 bits per heavy atom. The second kappa shape index (κ2) is 4.99. The Labute approximate surface area is 94.7 Å². The van der Waals surface area contributed by atoms with Crippen LogP contribution in [0.5, 0.6) is 0 Å². The average Bonchev–Trinajstić information content (AvgIpc) is 2.14. The molecule has 0 aromatic heterocycles. The molecule has 3 heteroatoms. The van der Waals surface area contributed by atoms with E-state index in [1.165, 1.54) is 6.07 Å². The highest BCUT2D eigenvalue weighted by Crippen LogP contribution is 2.29. The van der Waals surface area contributed by atoms with E-state index in [0.717, 1.165) is 0 Å². The minimum atomic E-state index is -0.726. The molecule has 0 saturated carbocycles. The van der Waals surface area contributed by atoms with Gasteiger partial charge in [-0.15, -0.1) is 0 Å². The number of hydrogen-bond donors (Lipinski definition) is 1. The first-order chi connectivity index (χ1) is 6.90. The Balaban J connectivity index is 2.62. The van der Waals surface area contributed by atoms with Crippen molar-refractivity contribution in [3.8, 4) is 0 Å². The summed E-state index contributed by atoms with van der Waals surface area (Å²) in [7, 11) is 0. The molecule has 84 valence electrons. The SMILES string of the molecule is CC(C)(C)SCC(O)c1ccccc1F. The molecule has 0 aliphatic heterocycles. The van der Waals surface area contributed by atoms with Gasteiger partial charge in [-0.25, -0.2) is 4.39 Å². The van der Waals surface area contributed by atoms with E-state index in [1.807, 2.05) is 0 Å². The van der Waals surface area contributed by atoms with Gasteiger partial charge in [0.25, 0.3) is 0 Å². The summed E-state index contributed by atoms with van der Waals surface area (Å²) in [6, 6.07) is 6.37. The van der Waals surface area contributed by atoms with Crippen LogP contribution in [-0.4, -0.2) is 15.6 Å². The summed E-state index contributed by atoms with van der Waals surface area (Å²) < 4.78 is 13.4. The molecule has 1 unspecified atom stereocenters. The topological polar surface area (TPSA) is 20.2 Å². The maximum atomic E-state index is 13.3. The fourth-order valence-corrected chi connectivity index (χ4v) is 2.00. The van der Waals surface area contributed by atoms with Crippen LogP contribution in [0.1, 0.15) is 32.4 Å². The third kappa shape index (κ3) is 4.22. The molecule has 0 heterocycles. The summed E-state index contributed by atoms with van der Waals surface area (Å²) in [5, 5.41) is 9.80. The second-order valence-corrected chi connectivity index (χ2v) is 6.31. The molecule has 0 radical (unpaired) electrons. The Bertz CT molecular complexity index is 320. The van der Waals surface area contributed by atoms with Crippen molar-refractivity contribution in [1.82, 2.24) is 0 Å². The molecule has 1 N–H and O–H groups in total. The van der Waals surface area contributed by atoms with Crippen molar-refractivity contribution >= 4 is 11.8 Å². The van der Waals surface area contributed by atoms with Crippen molar-refractivity contribution in [1.29, 1.82) is 0 Å². The van der Waals surface area contributed by atoms with Gasteiger partial charge in [-0.05, 0) is 6.07 Å². The Morgan fingerprint density at radius 2 is 1.93 bits per heavy atom. The zero-order chi connectivity index (χ0) is 11.5. The predicted octanol–water partition coefficient (Wildman–Crippen LogP) is 3.39. The van der Waals surface area contributed by atoms with Gasteiger partial charge in [-0.3, -0.25) is 0 Å². The smallest absolute Gasteiger partial charge is 0.129 e. The van der Waals surface area contributed by atoms with Crippen LogP contribution in [0.25, 0.3) is 0 Å². The van der Waals surface area contributed by atoms with Gasteiger partial charge in [0.05, 0.1) is 6.10 Å². The Morgan fingerprint density at radius 1 is 1.33 bits per heavy atom. The van der Waals surface area contributed by atoms with Crippen LogP contribution in [-0.2, 0) is 0 Å². The molecule has 0 bridgehead atoms. The number of rotatable bonds is 3. The van der Waals surface area contributed by atoms with E-state index in [-0.39, 0.29) is 10.6 Å². The fourth-order valence-electron chi connectivity index (χ4n) is 1.16. The molecule has 0 amide bonds. The standard InChI is InChI=1S/C12H17FOS/c1-12(2,3)15-8-11(14)9-6-4-5-7-10(9)13/h4-7,11,14H,8H2,1-3H3. The van der Waals surface area contributed by atoms with Gasteiger partial charge < -0.3 is 5.11 Å². The number of aliphatic hydroxyl groups excluding tert-OH is 1. The lowest BCUT2D eigenvalue weighted by molar-refractivity contribution is 0.198. The van der Waals surface area contributed by atoms with Crippen molar-refractivity contribution in [2.45, 2.75) is 31.6 Å². The van der Waals surface area contributed by atoms with E-state index in [0.29, 0.717) is 11.3 Å². The molecule has 1 rings (SSSR count). The molecular formula is C12H17FOS. The first-order valence-electron chi connectivity index (χ1n) is 4.96. The van der Waals surface area contributed by atoms with E-state index in [2.05, 4.69) is 20.8 Å². The number of halogens is 1. The van der Waals surface area contributed by atoms with Gasteiger partial charge >= 0.3 is 0 Å². The average molecular weight is 228 g/mol. The summed E-state index contributed by atoms with van der Waals surface area (Å²) >= 11 is 1.63. The molecular weight excluding hydrogens is 211 g/mol. The molecule has 0 spiro atoms. The van der Waals surface area contributed by atoms with E-state index >= 15 is 0 Å². The van der Waals surface area contributed by atoms with Gasteiger partial charge in [0.1, 0.15) is 5.82 Å². The van der Waals surface area contributed by atoms with Gasteiger partial charge in [-0.1, -0.05) is 39.0 Å². The zero-order valence-electron chi connectivity index (χ0n) is 9.33. The zero-order valence-corrected chi connectivity index (χ0v) is 10.1. The van der Waals surface area contributed by atoms with Crippen LogP contribution in [0.3, 0.4) is 0 Å². The van der Waals surface area contributed by atoms with Gasteiger partial charge in [-0.2, -0.15) is 11.8 Å². The van der Waals surface area contributed by atoms with Gasteiger partial charge in [0, 0.05) is 16.1 Å². The Kier molecular flexibility index (Phi) is 4.17. The maximum absolute atomic E-state index is 13.3. The molecule has 0 aliphatic rings. The summed E-state index contributed by atoms with van der Waals surface area (Å²) in [6.07, 6.45) is -0.726. The van der Waals surface area contributed by atoms with Crippen molar-refractivity contribution in [2.75, 3.05) is 5.75 Å². The van der Waals surface area contributed by atoms with E-state index in [4.69, 9.17) is 0 Å². The van der Waals surface area contributed by atoms with Crippen LogP contribution >= 0.6 is 11.8 Å². The first kappa shape index (κ1) is 12.5. The normalized spacial score (nSPS) is 13.9. The summed E-state index contributed by atoms with van der Waals surface area (Å²) in [4.78, 5) is 0. The molecule has 0 aliphatic carbocycles. The van der Waals surface area contributed by atoms with E-state index in [9.17, 15) is 9.50 Å².